The molecular weight excluding hydrogens is 341 g/mol. The van der Waals surface area contributed by atoms with Gasteiger partial charge in [0.15, 0.2) is 5.96 Å². The summed E-state index contributed by atoms with van der Waals surface area (Å²) in [6, 6.07) is 7.23. The van der Waals surface area contributed by atoms with Crippen molar-refractivity contribution in [2.24, 2.45) is 10.9 Å². The Kier molecular flexibility index (Phi) is 7.33. The number of nitrogens with zero attached hydrogens (tertiary/aromatic N) is 3. The van der Waals surface area contributed by atoms with Crippen LogP contribution in [-0.4, -0.2) is 63.2 Å². The van der Waals surface area contributed by atoms with Gasteiger partial charge in [-0.3, -0.25) is 4.99 Å². The molecule has 0 aliphatic carbocycles. The van der Waals surface area contributed by atoms with Crippen molar-refractivity contribution >= 4 is 11.6 Å². The summed E-state index contributed by atoms with van der Waals surface area (Å²) in [5.74, 6) is 1.39. The van der Waals surface area contributed by atoms with E-state index in [4.69, 9.17) is 4.99 Å². The Balaban J connectivity index is 1.57. The van der Waals surface area contributed by atoms with E-state index in [1.165, 1.54) is 25.5 Å². The summed E-state index contributed by atoms with van der Waals surface area (Å²) in [5, 5.41) is 7.00. The molecule has 3 rings (SSSR count). The molecule has 2 aliphatic rings. The molecular formula is C21H34FN5. The number of halogens is 1. The molecule has 0 saturated carbocycles. The van der Waals surface area contributed by atoms with Crippen LogP contribution in [0.2, 0.25) is 0 Å². The number of piperidine rings is 2. The van der Waals surface area contributed by atoms with Crippen molar-refractivity contribution in [3.63, 3.8) is 0 Å². The molecule has 0 aromatic heterocycles. The van der Waals surface area contributed by atoms with E-state index < -0.39 is 0 Å². The van der Waals surface area contributed by atoms with E-state index in [1.807, 2.05) is 6.07 Å². The third kappa shape index (κ3) is 6.09. The van der Waals surface area contributed by atoms with Crippen LogP contribution < -0.4 is 15.5 Å². The molecule has 2 fully saturated rings. The van der Waals surface area contributed by atoms with Gasteiger partial charge in [0, 0.05) is 44.5 Å². The average Bonchev–Trinajstić information content (AvgIpc) is 2.67. The van der Waals surface area contributed by atoms with Gasteiger partial charge >= 0.3 is 0 Å². The number of anilines is 1. The van der Waals surface area contributed by atoms with Crippen LogP contribution in [0.3, 0.4) is 0 Å². The van der Waals surface area contributed by atoms with Crippen molar-refractivity contribution in [3.05, 3.63) is 30.1 Å². The second-order valence-corrected chi connectivity index (χ2v) is 7.90. The number of guanidine groups is 1. The lowest BCUT2D eigenvalue weighted by molar-refractivity contribution is 0.214. The topological polar surface area (TPSA) is 42.9 Å². The molecule has 0 bridgehead atoms. The number of aliphatic imine (C=N–C) groups is 1. The van der Waals surface area contributed by atoms with E-state index in [2.05, 4.69) is 34.4 Å². The first kappa shape index (κ1) is 19.9. The molecule has 0 spiro atoms. The van der Waals surface area contributed by atoms with Crippen molar-refractivity contribution in [1.82, 2.24) is 15.5 Å². The Bertz CT molecular complexity index is 620. The van der Waals surface area contributed by atoms with Gasteiger partial charge in [0.2, 0.25) is 0 Å². The van der Waals surface area contributed by atoms with Gasteiger partial charge < -0.3 is 20.4 Å². The van der Waals surface area contributed by atoms with Gasteiger partial charge in [-0.1, -0.05) is 6.07 Å². The molecule has 2 aliphatic heterocycles. The predicted molar refractivity (Wildman–Crippen MR) is 111 cm³/mol. The van der Waals surface area contributed by atoms with E-state index in [9.17, 15) is 4.39 Å². The SMILES string of the molecule is CCNC(=NCC1CCCN(C)C1)NC1CCCN(c2cccc(F)c2)C1. The molecule has 0 amide bonds. The standard InChI is InChI=1S/C21H34FN5/c1-3-23-21(24-14-17-7-5-11-26(2)15-17)25-19-9-6-12-27(16-19)20-10-4-8-18(22)13-20/h4,8,10,13,17,19H,3,5-7,9,11-12,14-16H2,1-2H3,(H2,23,24,25). The minimum Gasteiger partial charge on any atom is -0.369 e. The van der Waals surface area contributed by atoms with Crippen LogP contribution in [0.15, 0.2) is 29.3 Å². The fourth-order valence-corrected chi connectivity index (χ4v) is 4.16. The summed E-state index contributed by atoms with van der Waals surface area (Å²) < 4.78 is 13.6. The zero-order valence-electron chi connectivity index (χ0n) is 16.8. The smallest absolute Gasteiger partial charge is 0.191 e. The van der Waals surface area contributed by atoms with Crippen molar-refractivity contribution in [2.45, 2.75) is 38.6 Å². The molecule has 1 aromatic rings. The van der Waals surface area contributed by atoms with Crippen molar-refractivity contribution in [1.29, 1.82) is 0 Å². The second-order valence-electron chi connectivity index (χ2n) is 7.90. The lowest BCUT2D eigenvalue weighted by Crippen LogP contribution is -2.51. The molecule has 2 heterocycles. The predicted octanol–water partition coefficient (Wildman–Crippen LogP) is 2.69. The van der Waals surface area contributed by atoms with Gasteiger partial charge in [0.1, 0.15) is 5.82 Å². The highest BCUT2D eigenvalue weighted by Crippen LogP contribution is 2.21. The van der Waals surface area contributed by atoms with Crippen LogP contribution in [0.4, 0.5) is 10.1 Å². The number of hydrogen-bond donors (Lipinski definition) is 2. The fourth-order valence-electron chi connectivity index (χ4n) is 4.16. The van der Waals surface area contributed by atoms with Crippen molar-refractivity contribution in [3.8, 4) is 0 Å². The summed E-state index contributed by atoms with van der Waals surface area (Å²) >= 11 is 0. The Morgan fingerprint density at radius 3 is 2.85 bits per heavy atom. The number of rotatable bonds is 5. The van der Waals surface area contributed by atoms with Gasteiger partial charge in [-0.15, -0.1) is 0 Å². The van der Waals surface area contributed by atoms with Crippen LogP contribution in [0.1, 0.15) is 32.6 Å². The first-order valence-corrected chi connectivity index (χ1v) is 10.4. The lowest BCUT2D eigenvalue weighted by Gasteiger charge is -2.35. The Morgan fingerprint density at radius 2 is 2.07 bits per heavy atom. The number of benzene rings is 1. The van der Waals surface area contributed by atoms with Crippen molar-refractivity contribution < 1.29 is 4.39 Å². The highest BCUT2D eigenvalue weighted by Gasteiger charge is 2.22. The minimum atomic E-state index is -0.171. The Morgan fingerprint density at radius 1 is 1.22 bits per heavy atom. The second kappa shape index (κ2) is 9.93. The Labute approximate surface area is 163 Å². The molecule has 2 atom stereocenters. The minimum absolute atomic E-state index is 0.171. The molecule has 27 heavy (non-hydrogen) atoms. The van der Waals surface area contributed by atoms with E-state index in [-0.39, 0.29) is 5.82 Å². The molecule has 6 heteroatoms. The summed E-state index contributed by atoms with van der Waals surface area (Å²) in [5.41, 5.74) is 0.966. The van der Waals surface area contributed by atoms with Crippen LogP contribution in [-0.2, 0) is 0 Å². The van der Waals surface area contributed by atoms with Crippen LogP contribution in [0, 0.1) is 11.7 Å². The third-order valence-electron chi connectivity index (χ3n) is 5.51. The van der Waals surface area contributed by atoms with E-state index in [0.29, 0.717) is 12.0 Å². The van der Waals surface area contributed by atoms with Gasteiger partial charge in [0.05, 0.1) is 0 Å². The highest BCUT2D eigenvalue weighted by molar-refractivity contribution is 5.80. The normalized spacial score (nSPS) is 24.7. The summed E-state index contributed by atoms with van der Waals surface area (Å²) in [6.07, 6.45) is 4.75. The molecule has 2 unspecified atom stereocenters. The number of hydrogen-bond acceptors (Lipinski definition) is 3. The molecule has 150 valence electrons. The van der Waals surface area contributed by atoms with Crippen molar-refractivity contribution in [2.75, 3.05) is 51.2 Å². The Hall–Kier alpha value is -1.82. The maximum absolute atomic E-state index is 13.6. The molecule has 1 aromatic carbocycles. The fraction of sp³-hybridized carbons (Fsp3) is 0.667. The van der Waals surface area contributed by atoms with Gasteiger partial charge in [-0.2, -0.15) is 0 Å². The van der Waals surface area contributed by atoms with E-state index in [0.717, 1.165) is 57.2 Å². The van der Waals surface area contributed by atoms with E-state index >= 15 is 0 Å². The highest BCUT2D eigenvalue weighted by atomic mass is 19.1. The zero-order chi connectivity index (χ0) is 19.1. The quantitative estimate of drug-likeness (QED) is 0.613. The maximum Gasteiger partial charge on any atom is 0.191 e. The first-order chi connectivity index (χ1) is 13.1. The number of likely N-dealkylation sites (tertiary alicyclic amines) is 1. The molecule has 2 saturated heterocycles. The molecule has 5 nitrogen and oxygen atoms in total. The summed E-state index contributed by atoms with van der Waals surface area (Å²) in [6.45, 7) is 8.03. The lowest BCUT2D eigenvalue weighted by atomic mass is 9.99. The largest absolute Gasteiger partial charge is 0.369 e. The summed E-state index contributed by atoms with van der Waals surface area (Å²) in [7, 11) is 2.20. The van der Waals surface area contributed by atoms with E-state index in [1.54, 1.807) is 12.1 Å². The van der Waals surface area contributed by atoms with Gasteiger partial charge in [0.25, 0.3) is 0 Å². The third-order valence-corrected chi connectivity index (χ3v) is 5.51. The first-order valence-electron chi connectivity index (χ1n) is 10.4. The van der Waals surface area contributed by atoms with Crippen LogP contribution in [0.5, 0.6) is 0 Å². The van der Waals surface area contributed by atoms with Gasteiger partial charge in [-0.25, -0.2) is 4.39 Å². The monoisotopic (exact) mass is 375 g/mol. The average molecular weight is 376 g/mol. The maximum atomic E-state index is 13.6. The van der Waals surface area contributed by atoms with Crippen LogP contribution >= 0.6 is 0 Å². The summed E-state index contributed by atoms with van der Waals surface area (Å²) in [4.78, 5) is 9.54. The van der Waals surface area contributed by atoms with Crippen LogP contribution in [0.25, 0.3) is 0 Å². The van der Waals surface area contributed by atoms with Gasteiger partial charge in [-0.05, 0) is 70.3 Å². The number of nitrogens with one attached hydrogen (secondary N) is 2. The molecule has 0 radical (unpaired) electrons. The molecule has 2 N–H and O–H groups in total. The zero-order valence-corrected chi connectivity index (χ0v) is 16.8.